The lowest BCUT2D eigenvalue weighted by Gasteiger charge is -2.02. The molecule has 0 amide bonds. The van der Waals surface area contributed by atoms with E-state index in [0.717, 1.165) is 36.8 Å². The minimum Gasteiger partial charge on any atom is -0.470 e. The second-order valence-electron chi connectivity index (χ2n) is 4.50. The summed E-state index contributed by atoms with van der Waals surface area (Å²) >= 11 is 0. The van der Waals surface area contributed by atoms with Crippen LogP contribution >= 0.6 is 0 Å². The molecule has 0 aliphatic heterocycles. The van der Waals surface area contributed by atoms with Gasteiger partial charge in [-0.05, 0) is 19.9 Å². The Hall–Kier alpha value is -1.82. The Balaban J connectivity index is 1.84. The summed E-state index contributed by atoms with van der Waals surface area (Å²) in [6, 6.07) is 3.80. The highest BCUT2D eigenvalue weighted by Gasteiger charge is 2.07. The lowest BCUT2D eigenvalue weighted by molar-refractivity contribution is 0.232. The maximum absolute atomic E-state index is 5.63. The van der Waals surface area contributed by atoms with E-state index in [1.165, 1.54) is 0 Å². The second kappa shape index (κ2) is 6.38. The van der Waals surface area contributed by atoms with Gasteiger partial charge in [-0.3, -0.25) is 0 Å². The Morgan fingerprint density at radius 2 is 2.26 bits per heavy atom. The minimum absolute atomic E-state index is 0.361. The summed E-state index contributed by atoms with van der Waals surface area (Å²) in [5, 5.41) is 11.5. The number of hydrogen-bond donors (Lipinski definition) is 1. The summed E-state index contributed by atoms with van der Waals surface area (Å²) < 4.78 is 12.6. The summed E-state index contributed by atoms with van der Waals surface area (Å²) in [5.41, 5.74) is 1.83. The number of hydrogen-bond acceptors (Lipinski definition) is 5. The molecule has 2 heterocycles. The minimum atomic E-state index is 0.361. The van der Waals surface area contributed by atoms with Gasteiger partial charge in [-0.2, -0.15) is 5.10 Å². The van der Waals surface area contributed by atoms with Crippen molar-refractivity contribution >= 4 is 0 Å². The van der Waals surface area contributed by atoms with Gasteiger partial charge < -0.3 is 14.6 Å². The summed E-state index contributed by atoms with van der Waals surface area (Å²) in [6.45, 7) is 6.12. The number of nitrogens with one attached hydrogen (secondary N) is 1. The maximum atomic E-state index is 5.63. The monoisotopic (exact) mass is 264 g/mol. The van der Waals surface area contributed by atoms with Gasteiger partial charge >= 0.3 is 0 Å². The largest absolute Gasteiger partial charge is 0.470 e. The van der Waals surface area contributed by atoms with E-state index in [-0.39, 0.29) is 0 Å². The van der Waals surface area contributed by atoms with Gasteiger partial charge in [0.1, 0.15) is 0 Å². The van der Waals surface area contributed by atoms with Crippen LogP contribution in [0.5, 0.6) is 5.88 Å². The molecule has 0 unspecified atom stereocenters. The zero-order chi connectivity index (χ0) is 13.7. The summed E-state index contributed by atoms with van der Waals surface area (Å²) in [5.74, 6) is 1.44. The molecule has 0 saturated carbocycles. The van der Waals surface area contributed by atoms with Crippen LogP contribution < -0.4 is 10.1 Å². The van der Waals surface area contributed by atoms with Crippen LogP contribution in [0.25, 0.3) is 0 Å². The highest BCUT2D eigenvalue weighted by Crippen LogP contribution is 2.13. The maximum Gasteiger partial charge on any atom is 0.212 e. The molecule has 0 bridgehead atoms. The SMILES string of the molecule is CCCNCc1cc(COc2cc(C)nn2C)on1. The lowest BCUT2D eigenvalue weighted by atomic mass is 10.3. The molecule has 0 fully saturated rings. The molecule has 6 heteroatoms. The molecular weight excluding hydrogens is 244 g/mol. The third-order valence-corrected chi connectivity index (χ3v) is 2.66. The van der Waals surface area contributed by atoms with E-state index in [4.69, 9.17) is 9.26 Å². The van der Waals surface area contributed by atoms with Crippen molar-refractivity contribution in [3.63, 3.8) is 0 Å². The average Bonchev–Trinajstić information content (AvgIpc) is 2.94. The van der Waals surface area contributed by atoms with Crippen molar-refractivity contribution < 1.29 is 9.26 Å². The molecule has 0 aliphatic rings. The first-order chi connectivity index (χ1) is 9.19. The Kier molecular flexibility index (Phi) is 4.57. The predicted molar refractivity (Wildman–Crippen MR) is 70.8 cm³/mol. The molecule has 0 aliphatic carbocycles. The molecule has 0 saturated heterocycles. The number of aromatic nitrogens is 3. The zero-order valence-electron chi connectivity index (χ0n) is 11.6. The Morgan fingerprint density at radius 3 is 2.95 bits per heavy atom. The van der Waals surface area contributed by atoms with Crippen molar-refractivity contribution in [3.05, 3.63) is 29.3 Å². The molecular formula is C13H20N4O2. The molecule has 2 aromatic rings. The number of aryl methyl sites for hydroxylation is 2. The van der Waals surface area contributed by atoms with Crippen LogP contribution in [0.1, 0.15) is 30.5 Å². The van der Waals surface area contributed by atoms with Crippen molar-refractivity contribution in [3.8, 4) is 5.88 Å². The van der Waals surface area contributed by atoms with E-state index in [1.54, 1.807) is 4.68 Å². The van der Waals surface area contributed by atoms with Crippen LogP contribution in [-0.4, -0.2) is 21.5 Å². The van der Waals surface area contributed by atoms with Crippen molar-refractivity contribution in [1.29, 1.82) is 0 Å². The molecule has 0 spiro atoms. The molecule has 0 aromatic carbocycles. The molecule has 2 rings (SSSR count). The molecule has 104 valence electrons. The van der Waals surface area contributed by atoms with Gasteiger partial charge in [0.05, 0.1) is 11.4 Å². The van der Waals surface area contributed by atoms with E-state index in [2.05, 4.69) is 22.5 Å². The standard InChI is InChI=1S/C13H20N4O2/c1-4-5-14-8-11-7-12(19-16-11)9-18-13-6-10(2)15-17(13)3/h6-7,14H,4-5,8-9H2,1-3H3. The second-order valence-corrected chi connectivity index (χ2v) is 4.50. The van der Waals surface area contributed by atoms with Crippen molar-refractivity contribution in [2.75, 3.05) is 6.54 Å². The molecule has 0 radical (unpaired) electrons. The van der Waals surface area contributed by atoms with Crippen molar-refractivity contribution in [1.82, 2.24) is 20.3 Å². The van der Waals surface area contributed by atoms with E-state index < -0.39 is 0 Å². The third kappa shape index (κ3) is 3.82. The van der Waals surface area contributed by atoms with Gasteiger partial charge in [-0.25, -0.2) is 4.68 Å². The fourth-order valence-electron chi connectivity index (χ4n) is 1.77. The number of rotatable bonds is 7. The quantitative estimate of drug-likeness (QED) is 0.772. The zero-order valence-corrected chi connectivity index (χ0v) is 11.6. The first-order valence-corrected chi connectivity index (χ1v) is 6.47. The fourth-order valence-corrected chi connectivity index (χ4v) is 1.77. The van der Waals surface area contributed by atoms with E-state index >= 15 is 0 Å². The van der Waals surface area contributed by atoms with Gasteiger partial charge in [-0.15, -0.1) is 0 Å². The van der Waals surface area contributed by atoms with Crippen molar-refractivity contribution in [2.45, 2.75) is 33.4 Å². The highest BCUT2D eigenvalue weighted by atomic mass is 16.5. The molecule has 6 nitrogen and oxygen atoms in total. The van der Waals surface area contributed by atoms with E-state index in [9.17, 15) is 0 Å². The molecule has 1 N–H and O–H groups in total. The molecule has 0 atom stereocenters. The van der Waals surface area contributed by atoms with Gasteiger partial charge in [0.25, 0.3) is 0 Å². The summed E-state index contributed by atoms with van der Waals surface area (Å²) in [4.78, 5) is 0. The first kappa shape index (κ1) is 13.6. The Labute approximate surface area is 112 Å². The van der Waals surface area contributed by atoms with E-state index in [0.29, 0.717) is 12.4 Å². The third-order valence-electron chi connectivity index (χ3n) is 2.66. The highest BCUT2D eigenvalue weighted by molar-refractivity contribution is 5.15. The summed E-state index contributed by atoms with van der Waals surface area (Å²) in [7, 11) is 1.85. The topological polar surface area (TPSA) is 65.1 Å². The van der Waals surface area contributed by atoms with Crippen LogP contribution in [0, 0.1) is 6.92 Å². The van der Waals surface area contributed by atoms with Gasteiger partial charge in [0, 0.05) is 25.7 Å². The van der Waals surface area contributed by atoms with Crippen LogP contribution in [0.3, 0.4) is 0 Å². The smallest absolute Gasteiger partial charge is 0.212 e. The van der Waals surface area contributed by atoms with Crippen LogP contribution in [0.4, 0.5) is 0 Å². The number of nitrogens with zero attached hydrogens (tertiary/aromatic N) is 3. The molecule has 19 heavy (non-hydrogen) atoms. The predicted octanol–water partition coefficient (Wildman–Crippen LogP) is 1.80. The van der Waals surface area contributed by atoms with Gasteiger partial charge in [-0.1, -0.05) is 12.1 Å². The fraction of sp³-hybridized carbons (Fsp3) is 0.538. The van der Waals surface area contributed by atoms with Crippen LogP contribution in [-0.2, 0) is 20.2 Å². The van der Waals surface area contributed by atoms with Crippen LogP contribution in [0.15, 0.2) is 16.7 Å². The summed E-state index contributed by atoms with van der Waals surface area (Å²) in [6.07, 6.45) is 1.10. The van der Waals surface area contributed by atoms with Gasteiger partial charge in [0.15, 0.2) is 12.4 Å². The normalized spacial score (nSPS) is 10.9. The average molecular weight is 264 g/mol. The lowest BCUT2D eigenvalue weighted by Crippen LogP contribution is -2.13. The molecule has 2 aromatic heterocycles. The van der Waals surface area contributed by atoms with Crippen LogP contribution in [0.2, 0.25) is 0 Å². The Bertz CT molecular complexity index is 518. The first-order valence-electron chi connectivity index (χ1n) is 6.47. The Morgan fingerprint density at radius 1 is 1.42 bits per heavy atom. The van der Waals surface area contributed by atoms with Gasteiger partial charge in [0.2, 0.25) is 5.88 Å². The van der Waals surface area contributed by atoms with E-state index in [1.807, 2.05) is 26.1 Å². The number of ether oxygens (including phenoxy) is 1. The van der Waals surface area contributed by atoms with Crippen molar-refractivity contribution in [2.24, 2.45) is 7.05 Å².